The van der Waals surface area contributed by atoms with Gasteiger partial charge in [-0.1, -0.05) is 5.11 Å². The first-order valence-corrected chi connectivity index (χ1v) is 9.94. The highest BCUT2D eigenvalue weighted by Crippen LogP contribution is 2.20. The van der Waals surface area contributed by atoms with E-state index in [0.717, 1.165) is 56.3 Å². The molecular weight excluding hydrogens is 350 g/mol. The summed E-state index contributed by atoms with van der Waals surface area (Å²) in [6.07, 6.45) is 6.41. The third-order valence-electron chi connectivity index (χ3n) is 4.57. The van der Waals surface area contributed by atoms with Crippen molar-refractivity contribution in [1.29, 1.82) is 0 Å². The number of hydrogen-bond acceptors (Lipinski definition) is 5. The van der Waals surface area contributed by atoms with Crippen LogP contribution in [-0.4, -0.2) is 69.7 Å². The van der Waals surface area contributed by atoms with Gasteiger partial charge in [0.2, 0.25) is 0 Å². The average molecular weight is 387 g/mol. The van der Waals surface area contributed by atoms with Crippen LogP contribution in [0.25, 0.3) is 0 Å². The largest absolute Gasteiger partial charge is 0.421 e. The number of rotatable bonds is 11. The van der Waals surface area contributed by atoms with E-state index in [1.807, 2.05) is 26.2 Å². The average Bonchev–Trinajstić information content (AvgIpc) is 3.01. The smallest absolute Gasteiger partial charge is 0.378 e. The minimum atomic E-state index is 0.867. The lowest BCUT2D eigenvalue weighted by Crippen LogP contribution is -2.34. The second-order valence-electron chi connectivity index (χ2n) is 7.91. The van der Waals surface area contributed by atoms with E-state index >= 15 is 0 Å². The van der Waals surface area contributed by atoms with Gasteiger partial charge in [-0.3, -0.25) is 0 Å². The van der Waals surface area contributed by atoms with Crippen molar-refractivity contribution >= 4 is 17.3 Å². The van der Waals surface area contributed by atoms with Crippen molar-refractivity contribution in [2.75, 3.05) is 60.3 Å². The molecule has 2 aromatic rings. The summed E-state index contributed by atoms with van der Waals surface area (Å²) >= 11 is 0. The maximum absolute atomic E-state index is 4.62. The molecule has 0 aliphatic rings. The van der Waals surface area contributed by atoms with E-state index in [-0.39, 0.29) is 0 Å². The van der Waals surface area contributed by atoms with Gasteiger partial charge in [-0.15, -0.1) is 0 Å². The van der Waals surface area contributed by atoms with Crippen molar-refractivity contribution in [3.8, 4) is 0 Å². The molecule has 1 aromatic carbocycles. The van der Waals surface area contributed by atoms with Crippen LogP contribution >= 0.6 is 0 Å². The van der Waals surface area contributed by atoms with Gasteiger partial charge < -0.3 is 14.7 Å². The van der Waals surface area contributed by atoms with Gasteiger partial charge in [-0.05, 0) is 65.3 Å². The van der Waals surface area contributed by atoms with E-state index in [9.17, 15) is 0 Å². The first-order chi connectivity index (χ1) is 13.4. The molecular formula is C21H36N7+. The molecule has 0 atom stereocenters. The molecule has 0 unspecified atom stereocenters. The fraction of sp³-hybridized carbons (Fsp3) is 0.571. The molecule has 154 valence electrons. The predicted octanol–water partition coefficient (Wildman–Crippen LogP) is 3.16. The van der Waals surface area contributed by atoms with Crippen LogP contribution in [0.4, 0.5) is 17.3 Å². The van der Waals surface area contributed by atoms with E-state index in [0.29, 0.717) is 0 Å². The monoisotopic (exact) mass is 386 g/mol. The number of benzene rings is 1. The van der Waals surface area contributed by atoms with Crippen LogP contribution in [0.15, 0.2) is 46.9 Å². The van der Waals surface area contributed by atoms with E-state index in [2.05, 4.69) is 86.8 Å². The summed E-state index contributed by atoms with van der Waals surface area (Å²) < 4.78 is 4.41. The van der Waals surface area contributed by atoms with E-state index in [1.54, 1.807) is 0 Å². The molecule has 0 fully saturated rings. The summed E-state index contributed by atoms with van der Waals surface area (Å²) in [6, 6.07) is 8.15. The topological polar surface area (TPSA) is 43.2 Å². The maximum Gasteiger partial charge on any atom is 0.421 e. The normalized spacial score (nSPS) is 11.9. The number of aryl methyl sites for hydroxylation is 2. The Bertz CT molecular complexity index is 698. The Morgan fingerprint density at radius 3 is 2.11 bits per heavy atom. The van der Waals surface area contributed by atoms with Crippen LogP contribution in [0, 0.1) is 0 Å². The van der Waals surface area contributed by atoms with Gasteiger partial charge in [-0.25, -0.2) is 9.13 Å². The quantitative estimate of drug-likeness (QED) is 0.440. The van der Waals surface area contributed by atoms with Crippen LogP contribution in [0.2, 0.25) is 0 Å². The lowest BCUT2D eigenvalue weighted by Gasteiger charge is -2.11. The molecule has 0 bridgehead atoms. The third-order valence-corrected chi connectivity index (χ3v) is 4.57. The molecule has 28 heavy (non-hydrogen) atoms. The first-order valence-electron chi connectivity index (χ1n) is 9.94. The Labute approximate surface area is 169 Å². The lowest BCUT2D eigenvalue weighted by molar-refractivity contribution is -0.684. The number of imidazole rings is 1. The van der Waals surface area contributed by atoms with Crippen molar-refractivity contribution < 1.29 is 4.57 Å². The molecule has 2 rings (SSSR count). The zero-order valence-corrected chi connectivity index (χ0v) is 18.3. The summed E-state index contributed by atoms with van der Waals surface area (Å²) in [6.45, 7) is 3.99. The number of hydrogen-bond donors (Lipinski definition) is 0. The molecule has 0 saturated carbocycles. The number of nitrogens with zero attached hydrogens (tertiary/aromatic N) is 7. The second kappa shape index (κ2) is 10.9. The molecule has 0 radical (unpaired) electrons. The summed E-state index contributed by atoms with van der Waals surface area (Å²) in [7, 11) is 12.5. The Hall–Kier alpha value is -2.25. The van der Waals surface area contributed by atoms with Gasteiger partial charge in [0.15, 0.2) is 0 Å². The van der Waals surface area contributed by atoms with Crippen LogP contribution < -0.4 is 9.47 Å². The summed E-state index contributed by atoms with van der Waals surface area (Å²) in [5.41, 5.74) is 2.02. The standard InChI is InChI=1S/C21H36N7/c1-24(2)13-7-15-27-17-18-28(16-8-14-25(3)4)21(27)23-22-19-9-11-20(12-10-19)26(5)6/h9-12,17-18H,7-8,13-16H2,1-6H3/q+1. The highest BCUT2D eigenvalue weighted by Gasteiger charge is 2.17. The minimum Gasteiger partial charge on any atom is -0.378 e. The highest BCUT2D eigenvalue weighted by molar-refractivity contribution is 5.51. The summed E-state index contributed by atoms with van der Waals surface area (Å²) in [5, 5.41) is 9.12. The Morgan fingerprint density at radius 1 is 0.857 bits per heavy atom. The van der Waals surface area contributed by atoms with Crippen LogP contribution in [-0.2, 0) is 13.1 Å². The van der Waals surface area contributed by atoms with E-state index < -0.39 is 0 Å². The highest BCUT2D eigenvalue weighted by atomic mass is 15.3. The van der Waals surface area contributed by atoms with Crippen molar-refractivity contribution in [2.24, 2.45) is 10.2 Å². The minimum absolute atomic E-state index is 0.867. The first kappa shape index (κ1) is 22.0. The molecule has 1 aromatic heterocycles. The maximum atomic E-state index is 4.62. The van der Waals surface area contributed by atoms with E-state index in [1.165, 1.54) is 0 Å². The molecule has 0 aliphatic heterocycles. The van der Waals surface area contributed by atoms with Gasteiger partial charge in [0, 0.05) is 38.0 Å². The van der Waals surface area contributed by atoms with Crippen LogP contribution in [0.5, 0.6) is 0 Å². The SMILES string of the molecule is CN(C)CCCn1cc[n+](CCCN(C)C)c1N=Nc1ccc(N(C)C)cc1. The molecule has 0 N–H and O–H groups in total. The van der Waals surface area contributed by atoms with Gasteiger partial charge >= 0.3 is 5.95 Å². The summed E-state index contributed by atoms with van der Waals surface area (Å²) in [5.74, 6) is 0.911. The molecule has 0 spiro atoms. The molecule has 0 saturated heterocycles. The van der Waals surface area contributed by atoms with Gasteiger partial charge in [-0.2, -0.15) is 0 Å². The van der Waals surface area contributed by atoms with Crippen molar-refractivity contribution in [3.63, 3.8) is 0 Å². The van der Waals surface area contributed by atoms with E-state index in [4.69, 9.17) is 0 Å². The fourth-order valence-corrected chi connectivity index (χ4v) is 2.96. The Kier molecular flexibility index (Phi) is 8.60. The molecule has 0 amide bonds. The molecule has 7 heteroatoms. The van der Waals surface area contributed by atoms with Gasteiger partial charge in [0.25, 0.3) is 0 Å². The number of aromatic nitrogens is 2. The van der Waals surface area contributed by atoms with Crippen LogP contribution in [0.3, 0.4) is 0 Å². The zero-order valence-electron chi connectivity index (χ0n) is 18.3. The van der Waals surface area contributed by atoms with Gasteiger partial charge in [0.1, 0.15) is 5.69 Å². The molecule has 0 aliphatic carbocycles. The van der Waals surface area contributed by atoms with Gasteiger partial charge in [0.05, 0.1) is 25.5 Å². The van der Waals surface area contributed by atoms with Crippen molar-refractivity contribution in [3.05, 3.63) is 36.7 Å². The number of anilines is 1. The molecule has 1 heterocycles. The molecule has 7 nitrogen and oxygen atoms in total. The summed E-state index contributed by atoms with van der Waals surface area (Å²) in [4.78, 5) is 6.50. The van der Waals surface area contributed by atoms with Crippen molar-refractivity contribution in [1.82, 2.24) is 14.4 Å². The Balaban J connectivity index is 2.15. The third kappa shape index (κ3) is 7.05. The Morgan fingerprint density at radius 2 is 1.50 bits per heavy atom. The number of azo groups is 1. The lowest BCUT2D eigenvalue weighted by atomic mass is 10.3. The zero-order chi connectivity index (χ0) is 20.5. The second-order valence-corrected chi connectivity index (χ2v) is 7.91. The fourth-order valence-electron chi connectivity index (χ4n) is 2.96. The van der Waals surface area contributed by atoms with Crippen molar-refractivity contribution in [2.45, 2.75) is 25.9 Å². The van der Waals surface area contributed by atoms with Crippen LogP contribution in [0.1, 0.15) is 12.8 Å². The predicted molar refractivity (Wildman–Crippen MR) is 116 cm³/mol.